The molecule has 1 atom stereocenters. The van der Waals surface area contributed by atoms with Crippen molar-refractivity contribution in [1.82, 2.24) is 4.90 Å². The standard InChI is InChI=1S/C21H31NO5/c1-6-7-12-27-18-10-8-16(14-19(18)26-5)9-11-20(23)22(4)17(21(24)25)13-15(2)3/h8-11,14-15,17H,6-7,12-13H2,1-5H3,(H,24,25)/b11-9+/t17-/m1/s1. The molecule has 150 valence electrons. The van der Waals surface area contributed by atoms with E-state index in [1.54, 1.807) is 25.3 Å². The largest absolute Gasteiger partial charge is 0.493 e. The quantitative estimate of drug-likeness (QED) is 0.468. The number of nitrogens with zero attached hydrogens (tertiary/aromatic N) is 1. The number of likely N-dealkylation sites (N-methyl/N-ethyl adjacent to an activating group) is 1. The molecule has 0 saturated carbocycles. The van der Waals surface area contributed by atoms with Gasteiger partial charge in [-0.25, -0.2) is 4.79 Å². The van der Waals surface area contributed by atoms with Crippen molar-refractivity contribution in [3.63, 3.8) is 0 Å². The minimum absolute atomic E-state index is 0.176. The molecule has 0 unspecified atom stereocenters. The number of benzene rings is 1. The first-order valence-corrected chi connectivity index (χ1v) is 9.28. The first-order valence-electron chi connectivity index (χ1n) is 9.28. The maximum absolute atomic E-state index is 12.4. The molecule has 1 aromatic rings. The van der Waals surface area contributed by atoms with Crippen molar-refractivity contribution in [2.24, 2.45) is 5.92 Å². The molecule has 0 aliphatic carbocycles. The van der Waals surface area contributed by atoms with Crippen LogP contribution in [0.5, 0.6) is 11.5 Å². The zero-order valence-electron chi connectivity index (χ0n) is 16.9. The topological polar surface area (TPSA) is 76.1 Å². The first kappa shape index (κ1) is 22.5. The Labute approximate surface area is 161 Å². The van der Waals surface area contributed by atoms with Gasteiger partial charge in [0.05, 0.1) is 13.7 Å². The van der Waals surface area contributed by atoms with E-state index in [9.17, 15) is 14.7 Å². The second kappa shape index (κ2) is 11.3. The minimum Gasteiger partial charge on any atom is -0.493 e. The van der Waals surface area contributed by atoms with E-state index < -0.39 is 12.0 Å². The molecule has 0 fully saturated rings. The Bertz CT molecular complexity index is 654. The number of carboxylic acids is 1. The third kappa shape index (κ3) is 7.33. The highest BCUT2D eigenvalue weighted by atomic mass is 16.5. The Morgan fingerprint density at radius 3 is 2.52 bits per heavy atom. The number of methoxy groups -OCH3 is 1. The molecule has 0 bridgehead atoms. The van der Waals surface area contributed by atoms with E-state index in [0.29, 0.717) is 24.5 Å². The van der Waals surface area contributed by atoms with Gasteiger partial charge in [-0.2, -0.15) is 0 Å². The number of ether oxygens (including phenoxy) is 2. The van der Waals surface area contributed by atoms with Gasteiger partial charge in [0.1, 0.15) is 6.04 Å². The molecule has 0 aliphatic rings. The van der Waals surface area contributed by atoms with Crippen LogP contribution in [-0.4, -0.2) is 48.7 Å². The summed E-state index contributed by atoms with van der Waals surface area (Å²) in [5, 5.41) is 9.37. The summed E-state index contributed by atoms with van der Waals surface area (Å²) in [5.41, 5.74) is 0.771. The van der Waals surface area contributed by atoms with Crippen LogP contribution in [0, 0.1) is 5.92 Å². The number of unbranched alkanes of at least 4 members (excludes halogenated alkanes) is 1. The van der Waals surface area contributed by atoms with Crippen LogP contribution in [-0.2, 0) is 9.59 Å². The smallest absolute Gasteiger partial charge is 0.326 e. The van der Waals surface area contributed by atoms with Crippen LogP contribution in [0.1, 0.15) is 45.6 Å². The summed E-state index contributed by atoms with van der Waals surface area (Å²) in [6, 6.07) is 4.58. The average molecular weight is 377 g/mol. The molecular weight excluding hydrogens is 346 g/mol. The lowest BCUT2D eigenvalue weighted by Crippen LogP contribution is -2.42. The molecule has 1 aromatic carbocycles. The van der Waals surface area contributed by atoms with Gasteiger partial charge < -0.3 is 19.5 Å². The van der Waals surface area contributed by atoms with E-state index in [2.05, 4.69) is 6.92 Å². The predicted molar refractivity (Wildman–Crippen MR) is 106 cm³/mol. The fraction of sp³-hybridized carbons (Fsp3) is 0.524. The predicted octanol–water partition coefficient (Wildman–Crippen LogP) is 3.85. The summed E-state index contributed by atoms with van der Waals surface area (Å²) < 4.78 is 11.0. The normalized spacial score (nSPS) is 12.2. The number of rotatable bonds is 11. The van der Waals surface area contributed by atoms with E-state index in [4.69, 9.17) is 9.47 Å². The van der Waals surface area contributed by atoms with Crippen LogP contribution in [0.15, 0.2) is 24.3 Å². The van der Waals surface area contributed by atoms with Gasteiger partial charge >= 0.3 is 5.97 Å². The second-order valence-electron chi connectivity index (χ2n) is 6.88. The van der Waals surface area contributed by atoms with Crippen LogP contribution in [0.4, 0.5) is 0 Å². The van der Waals surface area contributed by atoms with Gasteiger partial charge in [-0.3, -0.25) is 4.79 Å². The third-order valence-electron chi connectivity index (χ3n) is 4.16. The Balaban J connectivity index is 2.85. The molecule has 6 nitrogen and oxygen atoms in total. The fourth-order valence-electron chi connectivity index (χ4n) is 2.54. The van der Waals surface area contributed by atoms with Crippen molar-refractivity contribution in [2.75, 3.05) is 20.8 Å². The second-order valence-corrected chi connectivity index (χ2v) is 6.88. The van der Waals surface area contributed by atoms with E-state index in [0.717, 1.165) is 18.4 Å². The van der Waals surface area contributed by atoms with E-state index in [-0.39, 0.29) is 11.8 Å². The molecule has 0 aromatic heterocycles. The number of amides is 1. The number of hydrogen-bond acceptors (Lipinski definition) is 4. The molecule has 1 amide bonds. The molecule has 1 N–H and O–H groups in total. The van der Waals surface area contributed by atoms with Gasteiger partial charge in [-0.15, -0.1) is 0 Å². The number of carbonyl (C=O) groups excluding carboxylic acids is 1. The van der Waals surface area contributed by atoms with Crippen molar-refractivity contribution in [3.05, 3.63) is 29.8 Å². The summed E-state index contributed by atoms with van der Waals surface area (Å²) in [6.45, 7) is 6.58. The first-order chi connectivity index (χ1) is 12.8. The lowest BCUT2D eigenvalue weighted by atomic mass is 10.0. The maximum atomic E-state index is 12.4. The highest BCUT2D eigenvalue weighted by Gasteiger charge is 2.26. The summed E-state index contributed by atoms with van der Waals surface area (Å²) in [5.74, 6) is 0.0787. The van der Waals surface area contributed by atoms with Gasteiger partial charge in [0.2, 0.25) is 5.91 Å². The number of hydrogen-bond donors (Lipinski definition) is 1. The van der Waals surface area contributed by atoms with E-state index in [1.807, 2.05) is 19.9 Å². The minimum atomic E-state index is -0.997. The number of carbonyl (C=O) groups is 2. The lowest BCUT2D eigenvalue weighted by molar-refractivity contribution is -0.148. The fourth-order valence-corrected chi connectivity index (χ4v) is 2.54. The number of aliphatic carboxylic acids is 1. The highest BCUT2D eigenvalue weighted by molar-refractivity contribution is 5.94. The van der Waals surface area contributed by atoms with Crippen LogP contribution in [0.25, 0.3) is 6.08 Å². The van der Waals surface area contributed by atoms with Crippen LogP contribution in [0.2, 0.25) is 0 Å². The van der Waals surface area contributed by atoms with Gasteiger partial charge in [0, 0.05) is 13.1 Å². The van der Waals surface area contributed by atoms with Crippen molar-refractivity contribution >= 4 is 18.0 Å². The lowest BCUT2D eigenvalue weighted by Gasteiger charge is -2.25. The molecule has 1 rings (SSSR count). The third-order valence-corrected chi connectivity index (χ3v) is 4.16. The molecule has 0 aliphatic heterocycles. The van der Waals surface area contributed by atoms with Crippen molar-refractivity contribution in [3.8, 4) is 11.5 Å². The summed E-state index contributed by atoms with van der Waals surface area (Å²) in [4.78, 5) is 25.1. The van der Waals surface area contributed by atoms with Crippen molar-refractivity contribution in [2.45, 2.75) is 46.1 Å². The number of carboxylic acid groups (broad SMARTS) is 1. The van der Waals surface area contributed by atoms with Crippen LogP contribution in [0.3, 0.4) is 0 Å². The molecule has 0 saturated heterocycles. The Morgan fingerprint density at radius 1 is 1.26 bits per heavy atom. The molecule has 0 radical (unpaired) electrons. The Hall–Kier alpha value is -2.50. The average Bonchev–Trinajstić information content (AvgIpc) is 2.64. The van der Waals surface area contributed by atoms with Crippen LogP contribution >= 0.6 is 0 Å². The maximum Gasteiger partial charge on any atom is 0.326 e. The molecule has 6 heteroatoms. The zero-order chi connectivity index (χ0) is 20.4. The van der Waals surface area contributed by atoms with Gasteiger partial charge in [-0.05, 0) is 42.5 Å². The highest BCUT2D eigenvalue weighted by Crippen LogP contribution is 2.28. The van der Waals surface area contributed by atoms with E-state index in [1.165, 1.54) is 18.0 Å². The summed E-state index contributed by atoms with van der Waals surface area (Å²) in [6.07, 6.45) is 5.44. The SMILES string of the molecule is CCCCOc1ccc(/C=C/C(=O)N(C)[C@H](CC(C)C)C(=O)O)cc1OC. The van der Waals surface area contributed by atoms with Gasteiger partial charge in [0.15, 0.2) is 11.5 Å². The summed E-state index contributed by atoms with van der Waals surface area (Å²) >= 11 is 0. The molecule has 0 heterocycles. The van der Waals surface area contributed by atoms with E-state index >= 15 is 0 Å². The molecular formula is C21H31NO5. The van der Waals surface area contributed by atoms with Crippen molar-refractivity contribution in [1.29, 1.82) is 0 Å². The Morgan fingerprint density at radius 2 is 1.96 bits per heavy atom. The monoisotopic (exact) mass is 377 g/mol. The molecule has 0 spiro atoms. The summed E-state index contributed by atoms with van der Waals surface area (Å²) in [7, 11) is 3.08. The molecule has 27 heavy (non-hydrogen) atoms. The van der Waals surface area contributed by atoms with Gasteiger partial charge in [-0.1, -0.05) is 33.3 Å². The van der Waals surface area contributed by atoms with Gasteiger partial charge in [0.25, 0.3) is 0 Å². The Kier molecular flexibility index (Phi) is 9.40. The zero-order valence-corrected chi connectivity index (χ0v) is 16.9. The van der Waals surface area contributed by atoms with Crippen molar-refractivity contribution < 1.29 is 24.2 Å². The van der Waals surface area contributed by atoms with Crippen LogP contribution < -0.4 is 9.47 Å².